The minimum Gasteiger partial charge on any atom is -0.481 e. The van der Waals surface area contributed by atoms with Crippen molar-refractivity contribution in [2.45, 2.75) is 6.42 Å². The lowest BCUT2D eigenvalue weighted by molar-refractivity contribution is -0.150. The third-order valence-corrected chi connectivity index (χ3v) is 1.47. The average molecular weight is 222 g/mol. The van der Waals surface area contributed by atoms with Crippen LogP contribution in [0.3, 0.4) is 0 Å². The van der Waals surface area contributed by atoms with Gasteiger partial charge in [0.15, 0.2) is 0 Å². The summed E-state index contributed by atoms with van der Waals surface area (Å²) in [5.41, 5.74) is 0.702. The van der Waals surface area contributed by atoms with E-state index in [2.05, 4.69) is 13.2 Å². The standard InChI is InChI=1S/C12H14O4/c1-3-5-7-10(6-4-2)9-16-12(15)8-11(13)14/h3-7H,1-2,8-9H2,(H,13,14)/b7-5-,10-6+. The van der Waals surface area contributed by atoms with E-state index in [1.54, 1.807) is 30.4 Å². The quantitative estimate of drug-likeness (QED) is 0.405. The molecule has 16 heavy (non-hydrogen) atoms. The molecule has 0 aromatic carbocycles. The van der Waals surface area contributed by atoms with Crippen LogP contribution in [0.5, 0.6) is 0 Å². The maximum atomic E-state index is 10.9. The smallest absolute Gasteiger partial charge is 0.317 e. The van der Waals surface area contributed by atoms with Crippen molar-refractivity contribution in [2.75, 3.05) is 6.61 Å². The van der Waals surface area contributed by atoms with Crippen LogP contribution in [0.4, 0.5) is 0 Å². The van der Waals surface area contributed by atoms with Crippen molar-refractivity contribution in [3.63, 3.8) is 0 Å². The van der Waals surface area contributed by atoms with Crippen molar-refractivity contribution in [3.05, 3.63) is 49.1 Å². The number of carbonyl (C=O) groups is 2. The van der Waals surface area contributed by atoms with Crippen molar-refractivity contribution in [1.82, 2.24) is 0 Å². The van der Waals surface area contributed by atoms with Gasteiger partial charge in [0.25, 0.3) is 0 Å². The molecule has 0 atom stereocenters. The van der Waals surface area contributed by atoms with Gasteiger partial charge in [0.05, 0.1) is 0 Å². The van der Waals surface area contributed by atoms with E-state index >= 15 is 0 Å². The minimum atomic E-state index is -1.21. The van der Waals surface area contributed by atoms with Crippen molar-refractivity contribution in [1.29, 1.82) is 0 Å². The number of hydrogen-bond acceptors (Lipinski definition) is 3. The Balaban J connectivity index is 4.22. The van der Waals surface area contributed by atoms with Crippen LogP contribution in [-0.2, 0) is 14.3 Å². The highest BCUT2D eigenvalue weighted by molar-refractivity contribution is 5.90. The van der Waals surface area contributed by atoms with Gasteiger partial charge in [-0.25, -0.2) is 0 Å². The molecule has 0 aromatic heterocycles. The van der Waals surface area contributed by atoms with E-state index in [9.17, 15) is 9.59 Å². The maximum Gasteiger partial charge on any atom is 0.317 e. The summed E-state index contributed by atoms with van der Waals surface area (Å²) in [6.45, 7) is 7.03. The molecule has 0 aliphatic carbocycles. The van der Waals surface area contributed by atoms with Gasteiger partial charge in [0.1, 0.15) is 13.0 Å². The number of carboxylic acids is 1. The molecule has 0 rings (SSSR count). The molecule has 1 N–H and O–H groups in total. The Hall–Kier alpha value is -2.10. The van der Waals surface area contributed by atoms with Gasteiger partial charge in [-0.1, -0.05) is 43.5 Å². The van der Waals surface area contributed by atoms with Crippen molar-refractivity contribution in [3.8, 4) is 0 Å². The summed E-state index contributed by atoms with van der Waals surface area (Å²) in [4.78, 5) is 21.1. The molecule has 0 unspecified atom stereocenters. The predicted molar refractivity (Wildman–Crippen MR) is 60.8 cm³/mol. The topological polar surface area (TPSA) is 63.6 Å². The van der Waals surface area contributed by atoms with Crippen LogP contribution in [0.2, 0.25) is 0 Å². The Bertz CT molecular complexity index is 337. The molecule has 0 aliphatic rings. The molecule has 0 fully saturated rings. The number of aliphatic carboxylic acids is 1. The fraction of sp³-hybridized carbons (Fsp3) is 0.167. The normalized spacial score (nSPS) is 11.1. The summed E-state index contributed by atoms with van der Waals surface area (Å²) in [6.07, 6.45) is 7.54. The van der Waals surface area contributed by atoms with E-state index in [4.69, 9.17) is 9.84 Å². The lowest BCUT2D eigenvalue weighted by Crippen LogP contribution is -2.11. The number of carboxylic acid groups (broad SMARTS) is 1. The van der Waals surface area contributed by atoms with E-state index in [0.29, 0.717) is 5.57 Å². The second kappa shape index (κ2) is 8.23. The summed E-state index contributed by atoms with van der Waals surface area (Å²) in [5, 5.41) is 8.34. The molecule has 4 nitrogen and oxygen atoms in total. The Morgan fingerprint density at radius 2 is 1.94 bits per heavy atom. The summed E-state index contributed by atoms with van der Waals surface area (Å²) in [5.74, 6) is -1.98. The number of carbonyl (C=O) groups excluding carboxylic acids is 1. The molecule has 0 aliphatic heterocycles. The third-order valence-electron chi connectivity index (χ3n) is 1.47. The summed E-state index contributed by atoms with van der Waals surface area (Å²) >= 11 is 0. The fourth-order valence-corrected chi connectivity index (χ4v) is 0.833. The van der Waals surface area contributed by atoms with Crippen LogP contribution in [-0.4, -0.2) is 23.7 Å². The van der Waals surface area contributed by atoms with Gasteiger partial charge in [-0.15, -0.1) is 0 Å². The number of allylic oxidation sites excluding steroid dienone is 4. The number of rotatable bonds is 7. The highest BCUT2D eigenvalue weighted by Crippen LogP contribution is 2.00. The predicted octanol–water partition coefficient (Wildman–Crippen LogP) is 1.86. The Kier molecular flexibility index (Phi) is 7.15. The molecule has 0 saturated heterocycles. The van der Waals surface area contributed by atoms with E-state index in [1.807, 2.05) is 0 Å². The Morgan fingerprint density at radius 1 is 1.25 bits per heavy atom. The third kappa shape index (κ3) is 7.32. The summed E-state index contributed by atoms with van der Waals surface area (Å²) in [6, 6.07) is 0. The van der Waals surface area contributed by atoms with Crippen LogP contribution in [0.1, 0.15) is 6.42 Å². The zero-order valence-corrected chi connectivity index (χ0v) is 8.89. The number of ether oxygens (including phenoxy) is 1. The molecule has 0 saturated carbocycles. The lowest BCUT2D eigenvalue weighted by Gasteiger charge is -2.03. The van der Waals surface area contributed by atoms with Gasteiger partial charge in [-0.05, 0) is 5.57 Å². The highest BCUT2D eigenvalue weighted by Gasteiger charge is 2.08. The molecular formula is C12H14O4. The highest BCUT2D eigenvalue weighted by atomic mass is 16.5. The first-order valence-corrected chi connectivity index (χ1v) is 4.58. The van der Waals surface area contributed by atoms with Crippen LogP contribution in [0.25, 0.3) is 0 Å². The second-order valence-electron chi connectivity index (χ2n) is 2.80. The van der Waals surface area contributed by atoms with Crippen LogP contribution in [0, 0.1) is 0 Å². The molecule has 0 radical (unpaired) electrons. The first-order chi connectivity index (χ1) is 7.60. The van der Waals surface area contributed by atoms with Gasteiger partial charge >= 0.3 is 11.9 Å². The van der Waals surface area contributed by atoms with E-state index in [-0.39, 0.29) is 6.61 Å². The van der Waals surface area contributed by atoms with Gasteiger partial charge in [-0.3, -0.25) is 9.59 Å². The molecular weight excluding hydrogens is 208 g/mol. The maximum absolute atomic E-state index is 10.9. The Labute approximate surface area is 94.2 Å². The van der Waals surface area contributed by atoms with E-state index in [1.165, 1.54) is 0 Å². The van der Waals surface area contributed by atoms with Crippen LogP contribution < -0.4 is 0 Å². The number of esters is 1. The SMILES string of the molecule is C=C/C=C\C(=C/C=C)COC(=O)CC(=O)O. The molecule has 0 bridgehead atoms. The number of hydrogen-bond donors (Lipinski definition) is 1. The minimum absolute atomic E-state index is 0.0163. The second-order valence-corrected chi connectivity index (χ2v) is 2.80. The molecule has 0 heterocycles. The zero-order valence-electron chi connectivity index (χ0n) is 8.89. The van der Waals surface area contributed by atoms with Crippen molar-refractivity contribution >= 4 is 11.9 Å². The van der Waals surface area contributed by atoms with E-state index in [0.717, 1.165) is 0 Å². The van der Waals surface area contributed by atoms with Gasteiger partial charge in [-0.2, -0.15) is 0 Å². The lowest BCUT2D eigenvalue weighted by atomic mass is 10.2. The van der Waals surface area contributed by atoms with Crippen LogP contribution in [0.15, 0.2) is 49.1 Å². The monoisotopic (exact) mass is 222 g/mol. The van der Waals surface area contributed by atoms with Crippen molar-refractivity contribution < 1.29 is 19.4 Å². The van der Waals surface area contributed by atoms with Crippen LogP contribution >= 0.6 is 0 Å². The summed E-state index contributed by atoms with van der Waals surface area (Å²) in [7, 11) is 0. The first-order valence-electron chi connectivity index (χ1n) is 4.58. The molecule has 86 valence electrons. The molecule has 0 amide bonds. The summed E-state index contributed by atoms with van der Waals surface area (Å²) < 4.78 is 4.74. The largest absolute Gasteiger partial charge is 0.481 e. The average Bonchev–Trinajstić information content (AvgIpc) is 2.21. The zero-order chi connectivity index (χ0) is 12.4. The molecule has 0 aromatic rings. The van der Waals surface area contributed by atoms with E-state index < -0.39 is 18.4 Å². The Morgan fingerprint density at radius 3 is 2.44 bits per heavy atom. The molecule has 4 heteroatoms. The van der Waals surface area contributed by atoms with Gasteiger partial charge < -0.3 is 9.84 Å². The fourth-order valence-electron chi connectivity index (χ4n) is 0.833. The molecule has 0 spiro atoms. The van der Waals surface area contributed by atoms with Gasteiger partial charge in [0.2, 0.25) is 0 Å². The first kappa shape index (κ1) is 13.9. The van der Waals surface area contributed by atoms with Crippen molar-refractivity contribution in [2.24, 2.45) is 0 Å². The van der Waals surface area contributed by atoms with Gasteiger partial charge in [0, 0.05) is 0 Å².